The van der Waals surface area contributed by atoms with Crippen molar-refractivity contribution >= 4 is 28.5 Å². The molecule has 1 atom stereocenters. The zero-order valence-electron chi connectivity index (χ0n) is 17.7. The van der Waals surface area contributed by atoms with Gasteiger partial charge in [-0.1, -0.05) is 60.7 Å². The predicted molar refractivity (Wildman–Crippen MR) is 123 cm³/mol. The Morgan fingerprint density at radius 1 is 0.906 bits per heavy atom. The van der Waals surface area contributed by atoms with Gasteiger partial charge in [0.25, 0.3) is 5.91 Å². The van der Waals surface area contributed by atoms with Gasteiger partial charge in [0.1, 0.15) is 11.4 Å². The van der Waals surface area contributed by atoms with Crippen molar-refractivity contribution in [3.8, 4) is 5.75 Å². The molecule has 3 aromatic carbocycles. The predicted octanol–water partition coefficient (Wildman–Crippen LogP) is 5.09. The van der Waals surface area contributed by atoms with Gasteiger partial charge in [-0.05, 0) is 36.8 Å². The topological polar surface area (TPSA) is 77.5 Å². The lowest BCUT2D eigenvalue weighted by Crippen LogP contribution is -2.26. The molecule has 0 bridgehead atoms. The number of pyridine rings is 1. The van der Waals surface area contributed by atoms with Gasteiger partial charge in [-0.2, -0.15) is 0 Å². The fourth-order valence-corrected chi connectivity index (χ4v) is 3.37. The van der Waals surface area contributed by atoms with Crippen LogP contribution in [0.2, 0.25) is 0 Å². The van der Waals surface area contributed by atoms with E-state index in [9.17, 15) is 9.59 Å². The average molecular weight is 426 g/mol. The molecule has 0 aliphatic carbocycles. The summed E-state index contributed by atoms with van der Waals surface area (Å²) < 4.78 is 11.0. The first-order valence-electron chi connectivity index (χ1n) is 10.1. The summed E-state index contributed by atoms with van der Waals surface area (Å²) in [6.07, 6.45) is -1.16. The molecule has 4 aromatic rings. The van der Waals surface area contributed by atoms with Crippen LogP contribution in [0.4, 0.5) is 5.69 Å². The van der Waals surface area contributed by atoms with Crippen LogP contribution in [0.15, 0.2) is 84.9 Å². The van der Waals surface area contributed by atoms with Crippen LogP contribution in [-0.4, -0.2) is 24.0 Å². The Hall–Kier alpha value is -4.19. The zero-order valence-corrected chi connectivity index (χ0v) is 17.7. The Labute approximate surface area is 185 Å². The van der Waals surface area contributed by atoms with Crippen molar-refractivity contribution in [1.29, 1.82) is 0 Å². The summed E-state index contributed by atoms with van der Waals surface area (Å²) in [5.74, 6) is -0.663. The monoisotopic (exact) mass is 426 g/mol. The molecule has 0 radical (unpaired) electrons. The van der Waals surface area contributed by atoms with Gasteiger partial charge in [0.15, 0.2) is 0 Å². The maximum absolute atomic E-state index is 13.2. The van der Waals surface area contributed by atoms with E-state index in [1.54, 1.807) is 48.5 Å². The molecule has 4 rings (SSSR count). The van der Waals surface area contributed by atoms with E-state index in [1.165, 1.54) is 7.11 Å². The summed E-state index contributed by atoms with van der Waals surface area (Å²) in [5, 5.41) is 3.74. The number of benzene rings is 3. The number of hydrogen-bond acceptors (Lipinski definition) is 5. The van der Waals surface area contributed by atoms with E-state index >= 15 is 0 Å². The second kappa shape index (κ2) is 9.31. The number of rotatable bonds is 6. The highest BCUT2D eigenvalue weighted by Gasteiger charge is 2.27. The van der Waals surface area contributed by atoms with Crippen LogP contribution >= 0.6 is 0 Å². The van der Waals surface area contributed by atoms with Crippen LogP contribution < -0.4 is 10.1 Å². The van der Waals surface area contributed by atoms with Crippen molar-refractivity contribution in [3.05, 3.63) is 102 Å². The molecule has 0 aliphatic heterocycles. The molecule has 1 aromatic heterocycles. The van der Waals surface area contributed by atoms with Gasteiger partial charge < -0.3 is 14.8 Å². The van der Waals surface area contributed by atoms with Crippen LogP contribution in [0.5, 0.6) is 5.75 Å². The van der Waals surface area contributed by atoms with E-state index in [2.05, 4.69) is 10.3 Å². The molecule has 6 nitrogen and oxygen atoms in total. The molecule has 0 fully saturated rings. The molecule has 6 heteroatoms. The number of aromatic nitrogens is 1. The highest BCUT2D eigenvalue weighted by molar-refractivity contribution is 5.99. The molecule has 1 amide bonds. The van der Waals surface area contributed by atoms with Crippen LogP contribution in [0.1, 0.15) is 27.7 Å². The maximum atomic E-state index is 13.2. The average Bonchev–Trinajstić information content (AvgIpc) is 2.82. The maximum Gasteiger partial charge on any atom is 0.358 e. The number of nitrogens with one attached hydrogen (secondary N) is 1. The van der Waals surface area contributed by atoms with E-state index in [0.29, 0.717) is 22.5 Å². The van der Waals surface area contributed by atoms with E-state index in [4.69, 9.17) is 9.47 Å². The van der Waals surface area contributed by atoms with Crippen LogP contribution in [0.25, 0.3) is 10.9 Å². The fourth-order valence-electron chi connectivity index (χ4n) is 3.37. The summed E-state index contributed by atoms with van der Waals surface area (Å²) in [7, 11) is 1.53. The molecule has 0 spiro atoms. The molecule has 1 N–H and O–H groups in total. The Kier molecular flexibility index (Phi) is 6.12. The lowest BCUT2D eigenvalue weighted by molar-refractivity contribution is -0.125. The Balaban J connectivity index is 1.63. The van der Waals surface area contributed by atoms with Gasteiger partial charge in [0, 0.05) is 10.9 Å². The van der Waals surface area contributed by atoms with Gasteiger partial charge in [-0.25, -0.2) is 9.78 Å². The molecule has 0 unspecified atom stereocenters. The summed E-state index contributed by atoms with van der Waals surface area (Å²) in [6.45, 7) is 1.91. The van der Waals surface area contributed by atoms with E-state index in [-0.39, 0.29) is 5.69 Å². The number of amides is 1. The number of carbonyl (C=O) groups excluding carboxylic acids is 2. The van der Waals surface area contributed by atoms with Gasteiger partial charge in [-0.3, -0.25) is 4.79 Å². The third kappa shape index (κ3) is 4.59. The molecule has 32 heavy (non-hydrogen) atoms. The molecular weight excluding hydrogens is 404 g/mol. The second-order valence-electron chi connectivity index (χ2n) is 7.28. The number of methoxy groups -OCH3 is 1. The minimum atomic E-state index is -1.16. The van der Waals surface area contributed by atoms with Crippen LogP contribution in [0, 0.1) is 6.92 Å². The number of aryl methyl sites for hydroxylation is 1. The third-order valence-electron chi connectivity index (χ3n) is 4.99. The van der Waals surface area contributed by atoms with Crippen molar-refractivity contribution in [1.82, 2.24) is 4.98 Å². The smallest absolute Gasteiger partial charge is 0.358 e. The Morgan fingerprint density at radius 3 is 2.44 bits per heavy atom. The second-order valence-corrected chi connectivity index (χ2v) is 7.28. The number of carbonyl (C=O) groups is 2. The minimum Gasteiger partial charge on any atom is -0.495 e. The number of anilines is 1. The van der Waals surface area contributed by atoms with Crippen molar-refractivity contribution < 1.29 is 19.1 Å². The standard InChI is InChI=1S/C26H22N2O4/c1-17-12-15-23(31-2)22(16-17)28-25(29)24(19-9-4-3-5-10-19)32-26(30)21-14-13-18-8-6-7-11-20(18)27-21/h3-16,24H,1-2H3,(H,28,29)/t24-/m0/s1. The Bertz CT molecular complexity index is 1270. The first-order chi connectivity index (χ1) is 15.5. The molecule has 0 aliphatic rings. The molecule has 0 saturated heterocycles. The largest absolute Gasteiger partial charge is 0.495 e. The first-order valence-corrected chi connectivity index (χ1v) is 10.1. The minimum absolute atomic E-state index is 0.130. The summed E-state index contributed by atoms with van der Waals surface area (Å²) in [4.78, 5) is 30.5. The van der Waals surface area contributed by atoms with Crippen molar-refractivity contribution in [2.45, 2.75) is 13.0 Å². The third-order valence-corrected chi connectivity index (χ3v) is 4.99. The van der Waals surface area contributed by atoms with Crippen molar-refractivity contribution in [2.24, 2.45) is 0 Å². The van der Waals surface area contributed by atoms with Gasteiger partial charge in [-0.15, -0.1) is 0 Å². The van der Waals surface area contributed by atoms with E-state index in [0.717, 1.165) is 10.9 Å². The summed E-state index contributed by atoms with van der Waals surface area (Å²) in [6, 6.07) is 25.2. The number of para-hydroxylation sites is 1. The summed E-state index contributed by atoms with van der Waals surface area (Å²) in [5.41, 5.74) is 2.80. The van der Waals surface area contributed by atoms with Crippen molar-refractivity contribution in [2.75, 3.05) is 12.4 Å². The quantitative estimate of drug-likeness (QED) is 0.435. The van der Waals surface area contributed by atoms with Crippen molar-refractivity contribution in [3.63, 3.8) is 0 Å². The lowest BCUT2D eigenvalue weighted by Gasteiger charge is -2.19. The molecule has 160 valence electrons. The number of nitrogens with zero attached hydrogens (tertiary/aromatic N) is 1. The number of esters is 1. The van der Waals surface area contributed by atoms with Crippen LogP contribution in [-0.2, 0) is 9.53 Å². The van der Waals surface area contributed by atoms with E-state index < -0.39 is 18.0 Å². The SMILES string of the molecule is COc1ccc(C)cc1NC(=O)[C@@H](OC(=O)c1ccc2ccccc2n1)c1ccccc1. The van der Waals surface area contributed by atoms with E-state index in [1.807, 2.05) is 43.3 Å². The zero-order chi connectivity index (χ0) is 22.5. The van der Waals surface area contributed by atoms with Crippen LogP contribution in [0.3, 0.4) is 0 Å². The summed E-state index contributed by atoms with van der Waals surface area (Å²) >= 11 is 0. The molecule has 1 heterocycles. The molecule has 0 saturated carbocycles. The fraction of sp³-hybridized carbons (Fsp3) is 0.115. The lowest BCUT2D eigenvalue weighted by atomic mass is 10.1. The van der Waals surface area contributed by atoms with Gasteiger partial charge >= 0.3 is 5.97 Å². The van der Waals surface area contributed by atoms with Gasteiger partial charge in [0.05, 0.1) is 18.3 Å². The highest BCUT2D eigenvalue weighted by atomic mass is 16.5. The first kappa shape index (κ1) is 21.1. The number of hydrogen-bond donors (Lipinski definition) is 1. The number of fused-ring (bicyclic) bond motifs is 1. The normalized spacial score (nSPS) is 11.6. The van der Waals surface area contributed by atoms with Gasteiger partial charge in [0.2, 0.25) is 6.10 Å². The Morgan fingerprint density at radius 2 is 1.66 bits per heavy atom. The highest BCUT2D eigenvalue weighted by Crippen LogP contribution is 2.28. The molecular formula is C26H22N2O4. The number of ether oxygens (including phenoxy) is 2.